The summed E-state index contributed by atoms with van der Waals surface area (Å²) in [5.41, 5.74) is 1.33. The topological polar surface area (TPSA) is 37.3 Å². The molecule has 0 aromatic heterocycles. The van der Waals surface area contributed by atoms with E-state index in [0.717, 1.165) is 5.57 Å². The predicted molar refractivity (Wildman–Crippen MR) is 45.4 cm³/mol. The number of hydrogen-bond donors (Lipinski definition) is 1. The fourth-order valence-electron chi connectivity index (χ4n) is 0.809. The average molecular weight is 154 g/mol. The molecule has 0 rings (SSSR count). The highest BCUT2D eigenvalue weighted by Crippen LogP contribution is 2.12. The number of carbonyl (C=O) groups excluding carboxylic acids is 1. The van der Waals surface area contributed by atoms with Gasteiger partial charge in [0.25, 0.3) is 0 Å². The second-order valence-electron chi connectivity index (χ2n) is 2.75. The highest BCUT2D eigenvalue weighted by Gasteiger charge is 2.07. The lowest BCUT2D eigenvalue weighted by atomic mass is 10.0. The molecular formula is C9H14O2. The molecule has 2 nitrogen and oxygen atoms in total. The number of hydrogen-bond acceptors (Lipinski definition) is 2. The lowest BCUT2D eigenvalue weighted by Crippen LogP contribution is -2.00. The monoisotopic (exact) mass is 154 g/mol. The van der Waals surface area contributed by atoms with Crippen molar-refractivity contribution in [3.63, 3.8) is 0 Å². The van der Waals surface area contributed by atoms with Crippen LogP contribution in [0.25, 0.3) is 0 Å². The Kier molecular flexibility index (Phi) is 3.58. The Morgan fingerprint density at radius 1 is 1.36 bits per heavy atom. The van der Waals surface area contributed by atoms with Gasteiger partial charge in [0, 0.05) is 5.57 Å². The van der Waals surface area contributed by atoms with Gasteiger partial charge in [-0.25, -0.2) is 0 Å². The summed E-state index contributed by atoms with van der Waals surface area (Å²) in [5, 5.41) is 9.05. The summed E-state index contributed by atoms with van der Waals surface area (Å²) in [5.74, 6) is 0.00787. The van der Waals surface area contributed by atoms with Crippen molar-refractivity contribution in [3.05, 3.63) is 23.5 Å². The van der Waals surface area contributed by atoms with Crippen LogP contribution in [0.15, 0.2) is 23.5 Å². The number of carbonyl (C=O) groups is 1. The Hall–Kier alpha value is -1.05. The van der Waals surface area contributed by atoms with Gasteiger partial charge in [-0.05, 0) is 27.2 Å². The lowest BCUT2D eigenvalue weighted by Gasteiger charge is -2.03. The number of ketones is 1. The fraction of sp³-hybridized carbons (Fsp3) is 0.444. The summed E-state index contributed by atoms with van der Waals surface area (Å²) in [4.78, 5) is 10.9. The summed E-state index contributed by atoms with van der Waals surface area (Å²) in [6, 6.07) is 0. The molecule has 2 heteroatoms. The van der Waals surface area contributed by atoms with Crippen LogP contribution in [-0.2, 0) is 4.79 Å². The van der Waals surface area contributed by atoms with Crippen LogP contribution in [0.2, 0.25) is 0 Å². The van der Waals surface area contributed by atoms with Crippen LogP contribution < -0.4 is 0 Å². The van der Waals surface area contributed by atoms with Gasteiger partial charge in [0.05, 0.1) is 5.76 Å². The van der Waals surface area contributed by atoms with Gasteiger partial charge in [-0.1, -0.05) is 12.2 Å². The van der Waals surface area contributed by atoms with Crippen molar-refractivity contribution in [1.82, 2.24) is 0 Å². The van der Waals surface area contributed by atoms with Crippen molar-refractivity contribution in [3.8, 4) is 0 Å². The Bertz CT molecular complexity index is 208. The van der Waals surface area contributed by atoms with Crippen molar-refractivity contribution >= 4 is 5.78 Å². The molecule has 0 aromatic rings. The SMILES string of the molecule is C=C(C)C/C(C(C)=O)=C(\C)O. The third kappa shape index (κ3) is 3.61. The van der Waals surface area contributed by atoms with Crippen LogP contribution in [-0.4, -0.2) is 10.9 Å². The minimum Gasteiger partial charge on any atom is -0.512 e. The first-order valence-electron chi connectivity index (χ1n) is 3.49. The molecule has 0 spiro atoms. The molecule has 0 aliphatic rings. The standard InChI is InChI=1S/C9H14O2/c1-6(2)5-9(7(3)10)8(4)11/h10H,1,5H2,2-4H3/b9-7-. The molecule has 11 heavy (non-hydrogen) atoms. The summed E-state index contributed by atoms with van der Waals surface area (Å²) in [6.45, 7) is 8.44. The van der Waals surface area contributed by atoms with Crippen LogP contribution in [0, 0.1) is 0 Å². The Balaban J connectivity index is 4.52. The van der Waals surface area contributed by atoms with Gasteiger partial charge in [-0.15, -0.1) is 0 Å². The van der Waals surface area contributed by atoms with E-state index in [-0.39, 0.29) is 11.5 Å². The normalized spacial score (nSPS) is 12.3. The molecule has 0 bridgehead atoms. The van der Waals surface area contributed by atoms with Crippen LogP contribution in [0.1, 0.15) is 27.2 Å². The van der Waals surface area contributed by atoms with Gasteiger partial charge < -0.3 is 5.11 Å². The first kappa shape index (κ1) is 9.95. The van der Waals surface area contributed by atoms with E-state index in [1.54, 1.807) is 0 Å². The third-order valence-corrected chi connectivity index (χ3v) is 1.34. The zero-order valence-corrected chi connectivity index (χ0v) is 7.27. The summed E-state index contributed by atoms with van der Waals surface area (Å²) < 4.78 is 0. The van der Waals surface area contributed by atoms with E-state index in [0.29, 0.717) is 12.0 Å². The molecule has 0 fully saturated rings. The summed E-state index contributed by atoms with van der Waals surface area (Å²) in [7, 11) is 0. The van der Waals surface area contributed by atoms with Gasteiger partial charge in [-0.2, -0.15) is 0 Å². The molecule has 0 saturated heterocycles. The highest BCUT2D eigenvalue weighted by molar-refractivity contribution is 5.93. The molecular weight excluding hydrogens is 140 g/mol. The second-order valence-corrected chi connectivity index (χ2v) is 2.75. The molecule has 1 N–H and O–H groups in total. The Morgan fingerprint density at radius 3 is 1.91 bits per heavy atom. The van der Waals surface area contributed by atoms with Crippen molar-refractivity contribution in [2.24, 2.45) is 0 Å². The number of aliphatic hydroxyl groups excluding tert-OH is 1. The maximum absolute atomic E-state index is 10.9. The molecule has 0 heterocycles. The minimum atomic E-state index is -0.0898. The van der Waals surface area contributed by atoms with E-state index in [2.05, 4.69) is 6.58 Å². The quantitative estimate of drug-likeness (QED) is 0.385. The number of rotatable bonds is 3. The summed E-state index contributed by atoms with van der Waals surface area (Å²) >= 11 is 0. The molecule has 0 saturated carbocycles. The van der Waals surface area contributed by atoms with Crippen LogP contribution in [0.5, 0.6) is 0 Å². The van der Waals surface area contributed by atoms with E-state index in [4.69, 9.17) is 5.11 Å². The van der Waals surface area contributed by atoms with E-state index >= 15 is 0 Å². The molecule has 0 aromatic carbocycles. The van der Waals surface area contributed by atoms with Crippen LogP contribution in [0.3, 0.4) is 0 Å². The first-order chi connectivity index (χ1) is 4.95. The maximum Gasteiger partial charge on any atom is 0.159 e. The fourth-order valence-corrected chi connectivity index (χ4v) is 0.809. The second kappa shape index (κ2) is 3.96. The molecule has 0 aliphatic carbocycles. The Labute approximate surface area is 67.2 Å². The van der Waals surface area contributed by atoms with Gasteiger partial charge in [0.2, 0.25) is 0 Å². The Morgan fingerprint density at radius 2 is 1.82 bits per heavy atom. The van der Waals surface area contributed by atoms with Crippen molar-refractivity contribution in [1.29, 1.82) is 0 Å². The lowest BCUT2D eigenvalue weighted by molar-refractivity contribution is -0.113. The predicted octanol–water partition coefficient (Wildman–Crippen LogP) is 2.37. The van der Waals surface area contributed by atoms with Crippen LogP contribution >= 0.6 is 0 Å². The highest BCUT2D eigenvalue weighted by atomic mass is 16.3. The molecule has 0 radical (unpaired) electrons. The minimum absolute atomic E-state index is 0.0898. The van der Waals surface area contributed by atoms with Crippen molar-refractivity contribution in [2.45, 2.75) is 27.2 Å². The van der Waals surface area contributed by atoms with Gasteiger partial charge in [0.15, 0.2) is 5.78 Å². The molecule has 0 amide bonds. The van der Waals surface area contributed by atoms with Crippen molar-refractivity contribution in [2.75, 3.05) is 0 Å². The van der Waals surface area contributed by atoms with Gasteiger partial charge in [-0.3, -0.25) is 4.79 Å². The molecule has 0 unspecified atom stereocenters. The maximum atomic E-state index is 10.9. The van der Waals surface area contributed by atoms with E-state index in [1.165, 1.54) is 13.8 Å². The van der Waals surface area contributed by atoms with E-state index in [9.17, 15) is 4.79 Å². The molecule has 0 aliphatic heterocycles. The van der Waals surface area contributed by atoms with Crippen LogP contribution in [0.4, 0.5) is 0 Å². The number of aliphatic hydroxyl groups is 1. The zero-order chi connectivity index (χ0) is 9.02. The summed E-state index contributed by atoms with van der Waals surface area (Å²) in [6.07, 6.45) is 0.470. The molecule has 0 atom stereocenters. The van der Waals surface area contributed by atoms with E-state index < -0.39 is 0 Å². The smallest absolute Gasteiger partial charge is 0.159 e. The number of allylic oxidation sites excluding steroid dienone is 3. The average Bonchev–Trinajstić information content (AvgIpc) is 1.81. The van der Waals surface area contributed by atoms with Gasteiger partial charge >= 0.3 is 0 Å². The zero-order valence-electron chi connectivity index (χ0n) is 7.27. The largest absolute Gasteiger partial charge is 0.512 e. The van der Waals surface area contributed by atoms with Gasteiger partial charge in [0.1, 0.15) is 0 Å². The van der Waals surface area contributed by atoms with Crippen molar-refractivity contribution < 1.29 is 9.90 Å². The molecule has 62 valence electrons. The first-order valence-corrected chi connectivity index (χ1v) is 3.49. The third-order valence-electron chi connectivity index (χ3n) is 1.34. The van der Waals surface area contributed by atoms with E-state index in [1.807, 2.05) is 6.92 Å². The number of Topliss-reactive ketones (excluding diaryl/α,β-unsaturated/α-hetero) is 1.